The van der Waals surface area contributed by atoms with E-state index in [-0.39, 0.29) is 0 Å². The van der Waals surface area contributed by atoms with Gasteiger partial charge < -0.3 is 4.90 Å². The summed E-state index contributed by atoms with van der Waals surface area (Å²) in [6, 6.07) is 9.68. The summed E-state index contributed by atoms with van der Waals surface area (Å²) >= 11 is 0. The van der Waals surface area contributed by atoms with Crippen molar-refractivity contribution in [3.05, 3.63) is 48.2 Å². The van der Waals surface area contributed by atoms with Crippen molar-refractivity contribution in [3.8, 4) is 0 Å². The highest BCUT2D eigenvalue weighted by Gasteiger charge is 2.26. The van der Waals surface area contributed by atoms with Crippen LogP contribution in [0.2, 0.25) is 0 Å². The zero-order valence-corrected chi connectivity index (χ0v) is 11.0. The Morgan fingerprint density at radius 2 is 1.78 bits per heavy atom. The van der Waals surface area contributed by atoms with Gasteiger partial charge in [-0.1, -0.05) is 30.8 Å². The van der Waals surface area contributed by atoms with Gasteiger partial charge in [0, 0.05) is 32.2 Å². The van der Waals surface area contributed by atoms with Crippen molar-refractivity contribution in [1.82, 2.24) is 9.80 Å². The summed E-state index contributed by atoms with van der Waals surface area (Å²) in [5.41, 5.74) is 3.09. The van der Waals surface area contributed by atoms with Gasteiger partial charge in [0.2, 0.25) is 0 Å². The Morgan fingerprint density at radius 3 is 2.50 bits per heavy atom. The predicted octanol–water partition coefficient (Wildman–Crippen LogP) is 2.65. The number of rotatable bonds is 2. The molecule has 1 saturated heterocycles. The maximum atomic E-state index is 3.86. The molecule has 0 aromatic heterocycles. The summed E-state index contributed by atoms with van der Waals surface area (Å²) in [4.78, 5) is 5.02. The van der Waals surface area contributed by atoms with Crippen molar-refractivity contribution in [2.24, 2.45) is 0 Å². The predicted molar refractivity (Wildman–Crippen MR) is 75.3 cm³/mol. The standard InChI is InChI=1S/C16H22N2/c1-2-17-10-8-16(9-11-17)18-12-7-14-5-3-4-6-15(14)13-18/h2-6,16H,1,7-13H2. The molecular weight excluding hydrogens is 220 g/mol. The molecule has 1 aromatic rings. The van der Waals surface area contributed by atoms with Crippen molar-refractivity contribution >= 4 is 0 Å². The van der Waals surface area contributed by atoms with E-state index in [1.807, 2.05) is 6.20 Å². The number of fused-ring (bicyclic) bond motifs is 1. The zero-order chi connectivity index (χ0) is 12.4. The van der Waals surface area contributed by atoms with Crippen LogP contribution in [0.3, 0.4) is 0 Å². The lowest BCUT2D eigenvalue weighted by atomic mass is 9.95. The minimum absolute atomic E-state index is 0.773. The maximum Gasteiger partial charge on any atom is 0.0239 e. The number of nitrogens with zero attached hydrogens (tertiary/aromatic N) is 2. The van der Waals surface area contributed by atoms with Crippen molar-refractivity contribution in [3.63, 3.8) is 0 Å². The molecule has 18 heavy (non-hydrogen) atoms. The largest absolute Gasteiger partial charge is 0.378 e. The van der Waals surface area contributed by atoms with Crippen molar-refractivity contribution in [1.29, 1.82) is 0 Å². The highest BCUT2D eigenvalue weighted by molar-refractivity contribution is 5.29. The minimum atomic E-state index is 0.773. The summed E-state index contributed by atoms with van der Waals surface area (Å²) in [7, 11) is 0. The highest BCUT2D eigenvalue weighted by atomic mass is 15.2. The van der Waals surface area contributed by atoms with E-state index in [9.17, 15) is 0 Å². The molecule has 0 unspecified atom stereocenters. The SMILES string of the molecule is C=CN1CCC(N2CCc3ccccc3C2)CC1. The number of hydrogen-bond donors (Lipinski definition) is 0. The van der Waals surface area contributed by atoms with Crippen molar-refractivity contribution < 1.29 is 0 Å². The van der Waals surface area contributed by atoms with Gasteiger partial charge in [0.1, 0.15) is 0 Å². The van der Waals surface area contributed by atoms with E-state index < -0.39 is 0 Å². The Bertz CT molecular complexity index is 419. The average Bonchev–Trinajstić information content (AvgIpc) is 2.47. The van der Waals surface area contributed by atoms with Crippen LogP contribution in [0.1, 0.15) is 24.0 Å². The molecule has 2 aliphatic heterocycles. The molecular formula is C16H22N2. The fourth-order valence-corrected chi connectivity index (χ4v) is 3.26. The van der Waals surface area contributed by atoms with E-state index in [1.165, 1.54) is 44.5 Å². The lowest BCUT2D eigenvalue weighted by Gasteiger charge is -2.40. The van der Waals surface area contributed by atoms with Crippen LogP contribution < -0.4 is 0 Å². The van der Waals surface area contributed by atoms with Crippen LogP contribution in [0.4, 0.5) is 0 Å². The van der Waals surface area contributed by atoms with E-state index in [0.717, 1.165) is 12.6 Å². The number of benzene rings is 1. The molecule has 0 aliphatic carbocycles. The van der Waals surface area contributed by atoms with E-state index >= 15 is 0 Å². The molecule has 3 rings (SSSR count). The third-order valence-corrected chi connectivity index (χ3v) is 4.43. The molecule has 1 fully saturated rings. The number of hydrogen-bond acceptors (Lipinski definition) is 2. The molecule has 2 heterocycles. The Balaban J connectivity index is 1.64. The van der Waals surface area contributed by atoms with Gasteiger partial charge in [0.25, 0.3) is 0 Å². The van der Waals surface area contributed by atoms with Crippen molar-refractivity contribution in [2.45, 2.75) is 31.8 Å². The second-order valence-corrected chi connectivity index (χ2v) is 5.44. The maximum absolute atomic E-state index is 3.86. The van der Waals surface area contributed by atoms with Crippen LogP contribution in [-0.2, 0) is 13.0 Å². The molecule has 0 N–H and O–H groups in total. The third kappa shape index (κ3) is 2.30. The van der Waals surface area contributed by atoms with E-state index in [2.05, 4.69) is 40.6 Å². The quantitative estimate of drug-likeness (QED) is 0.786. The van der Waals surface area contributed by atoms with Crippen molar-refractivity contribution in [2.75, 3.05) is 19.6 Å². The summed E-state index contributed by atoms with van der Waals surface area (Å²) in [6.07, 6.45) is 5.78. The second-order valence-electron chi connectivity index (χ2n) is 5.44. The third-order valence-electron chi connectivity index (χ3n) is 4.43. The lowest BCUT2D eigenvalue weighted by Crippen LogP contribution is -2.45. The first-order chi connectivity index (χ1) is 8.86. The fourth-order valence-electron chi connectivity index (χ4n) is 3.26. The van der Waals surface area contributed by atoms with Crippen LogP contribution in [0.15, 0.2) is 37.0 Å². The number of piperidine rings is 1. The molecule has 96 valence electrons. The van der Waals surface area contributed by atoms with E-state index in [0.29, 0.717) is 0 Å². The summed E-state index contributed by atoms with van der Waals surface area (Å²) < 4.78 is 0. The average molecular weight is 242 g/mol. The van der Waals surface area contributed by atoms with Crippen LogP contribution in [0, 0.1) is 0 Å². The molecule has 0 amide bonds. The molecule has 0 atom stereocenters. The molecule has 0 radical (unpaired) electrons. The molecule has 0 spiro atoms. The monoisotopic (exact) mass is 242 g/mol. The van der Waals surface area contributed by atoms with E-state index in [1.54, 1.807) is 5.56 Å². The van der Waals surface area contributed by atoms with E-state index in [4.69, 9.17) is 0 Å². The molecule has 1 aromatic carbocycles. The van der Waals surface area contributed by atoms with Crippen LogP contribution in [-0.4, -0.2) is 35.5 Å². The highest BCUT2D eigenvalue weighted by Crippen LogP contribution is 2.24. The van der Waals surface area contributed by atoms with Crippen LogP contribution in [0.25, 0.3) is 0 Å². The minimum Gasteiger partial charge on any atom is -0.378 e. The normalized spacial score (nSPS) is 21.7. The smallest absolute Gasteiger partial charge is 0.0239 e. The fraction of sp³-hybridized carbons (Fsp3) is 0.500. The summed E-state index contributed by atoms with van der Waals surface area (Å²) in [6.45, 7) is 8.59. The zero-order valence-electron chi connectivity index (χ0n) is 11.0. The van der Waals surface area contributed by atoms with Gasteiger partial charge in [-0.15, -0.1) is 0 Å². The Kier molecular flexibility index (Phi) is 3.37. The molecule has 0 saturated carbocycles. The first kappa shape index (κ1) is 11.8. The summed E-state index contributed by atoms with van der Waals surface area (Å²) in [5.74, 6) is 0. The Morgan fingerprint density at radius 1 is 1.06 bits per heavy atom. The van der Waals surface area contributed by atoms with Gasteiger partial charge in [-0.3, -0.25) is 4.90 Å². The van der Waals surface area contributed by atoms with Gasteiger partial charge >= 0.3 is 0 Å². The van der Waals surface area contributed by atoms with Gasteiger partial charge in [-0.25, -0.2) is 0 Å². The first-order valence-corrected chi connectivity index (χ1v) is 7.04. The molecule has 2 heteroatoms. The van der Waals surface area contributed by atoms with Gasteiger partial charge in [-0.2, -0.15) is 0 Å². The Labute approximate surface area is 110 Å². The van der Waals surface area contributed by atoms with Crippen LogP contribution >= 0.6 is 0 Å². The summed E-state index contributed by atoms with van der Waals surface area (Å²) in [5, 5.41) is 0. The topological polar surface area (TPSA) is 6.48 Å². The Hall–Kier alpha value is -1.28. The van der Waals surface area contributed by atoms with Gasteiger partial charge in [-0.05, 0) is 36.6 Å². The lowest BCUT2D eigenvalue weighted by molar-refractivity contribution is 0.117. The first-order valence-electron chi connectivity index (χ1n) is 7.04. The molecule has 2 aliphatic rings. The molecule has 2 nitrogen and oxygen atoms in total. The second kappa shape index (κ2) is 5.15. The van der Waals surface area contributed by atoms with Gasteiger partial charge in [0.05, 0.1) is 0 Å². The number of likely N-dealkylation sites (tertiary alicyclic amines) is 1. The molecule has 0 bridgehead atoms. The van der Waals surface area contributed by atoms with Gasteiger partial charge in [0.15, 0.2) is 0 Å². The van der Waals surface area contributed by atoms with Crippen LogP contribution in [0.5, 0.6) is 0 Å².